The van der Waals surface area contributed by atoms with Gasteiger partial charge in [0.1, 0.15) is 17.0 Å². The molecule has 3 aromatic rings. The fraction of sp³-hybridized carbons (Fsp3) is 0.130. The van der Waals surface area contributed by atoms with Gasteiger partial charge >= 0.3 is 0 Å². The topological polar surface area (TPSA) is 67.4 Å². The molecule has 0 radical (unpaired) electrons. The maximum Gasteiger partial charge on any atom is 0.240 e. The first-order valence-electron chi connectivity index (χ1n) is 9.27. The summed E-state index contributed by atoms with van der Waals surface area (Å²) in [7, 11) is 0. The van der Waals surface area contributed by atoms with Crippen molar-refractivity contribution in [1.82, 2.24) is 0 Å². The van der Waals surface area contributed by atoms with Crippen LogP contribution in [0.2, 0.25) is 0 Å². The molecule has 1 aliphatic carbocycles. The summed E-state index contributed by atoms with van der Waals surface area (Å²) >= 11 is 0. The highest BCUT2D eigenvalue weighted by Crippen LogP contribution is 2.48. The Labute approximate surface area is 167 Å². The summed E-state index contributed by atoms with van der Waals surface area (Å²) in [6.07, 6.45) is 0.864. The molecule has 3 aromatic carbocycles. The maximum absolute atomic E-state index is 13.4. The Balaban J connectivity index is 1.48. The molecule has 0 spiro atoms. The molecule has 0 atom stereocenters. The lowest BCUT2D eigenvalue weighted by molar-refractivity contribution is -0.131. The number of nitrogens with one attached hydrogen (secondary N) is 2. The second kappa shape index (κ2) is 7.75. The number of hydrogen-bond acceptors (Lipinski definition) is 3. The van der Waals surface area contributed by atoms with Crippen LogP contribution in [0.25, 0.3) is 0 Å². The Morgan fingerprint density at radius 1 is 0.828 bits per heavy atom. The van der Waals surface area contributed by atoms with Crippen LogP contribution in [-0.2, 0) is 9.59 Å². The fourth-order valence-electron chi connectivity index (χ4n) is 3.02. The Hall–Kier alpha value is -3.67. The van der Waals surface area contributed by atoms with Gasteiger partial charge in [0.05, 0.1) is 5.69 Å². The standard InChI is InChI=1S/C23H19FN2O3/c24-16-7-6-8-17(15-16)25-21(27)23(13-14-23)22(28)26-19-11-4-5-12-20(19)29-18-9-2-1-3-10-18/h1-12,15H,13-14H2,(H,25,27)(H,26,28). The zero-order chi connectivity index (χ0) is 20.3. The van der Waals surface area contributed by atoms with Gasteiger partial charge in [0.25, 0.3) is 0 Å². The number of para-hydroxylation sites is 3. The number of amides is 2. The van der Waals surface area contributed by atoms with Crippen molar-refractivity contribution >= 4 is 23.2 Å². The van der Waals surface area contributed by atoms with Gasteiger partial charge in [-0.2, -0.15) is 0 Å². The van der Waals surface area contributed by atoms with E-state index in [0.29, 0.717) is 35.7 Å². The summed E-state index contributed by atoms with van der Waals surface area (Å²) in [4.78, 5) is 25.6. The third kappa shape index (κ3) is 4.11. The highest BCUT2D eigenvalue weighted by Gasteiger charge is 2.56. The number of carbonyl (C=O) groups is 2. The van der Waals surface area contributed by atoms with Gasteiger partial charge in [0, 0.05) is 5.69 Å². The van der Waals surface area contributed by atoms with Crippen molar-refractivity contribution in [3.63, 3.8) is 0 Å². The molecule has 0 unspecified atom stereocenters. The summed E-state index contributed by atoms with van der Waals surface area (Å²) in [5.41, 5.74) is -0.361. The minimum Gasteiger partial charge on any atom is -0.455 e. The molecule has 1 fully saturated rings. The van der Waals surface area contributed by atoms with E-state index in [0.717, 1.165) is 0 Å². The molecule has 0 aliphatic heterocycles. The average Bonchev–Trinajstić information content (AvgIpc) is 3.53. The van der Waals surface area contributed by atoms with Gasteiger partial charge in [-0.05, 0) is 55.3 Å². The molecule has 1 saturated carbocycles. The third-order valence-electron chi connectivity index (χ3n) is 4.81. The van der Waals surface area contributed by atoms with E-state index < -0.39 is 23.0 Å². The van der Waals surface area contributed by atoms with E-state index in [4.69, 9.17) is 4.74 Å². The number of rotatable bonds is 6. The number of anilines is 2. The minimum atomic E-state index is -1.16. The highest BCUT2D eigenvalue weighted by atomic mass is 19.1. The van der Waals surface area contributed by atoms with E-state index in [2.05, 4.69) is 10.6 Å². The van der Waals surface area contributed by atoms with Gasteiger partial charge in [0.15, 0.2) is 5.75 Å². The van der Waals surface area contributed by atoms with Crippen LogP contribution in [0.3, 0.4) is 0 Å². The summed E-state index contributed by atoms with van der Waals surface area (Å²) in [5, 5.41) is 5.45. The average molecular weight is 390 g/mol. The number of hydrogen-bond donors (Lipinski definition) is 2. The molecule has 0 saturated heterocycles. The molecule has 29 heavy (non-hydrogen) atoms. The van der Waals surface area contributed by atoms with Gasteiger partial charge in [-0.15, -0.1) is 0 Å². The zero-order valence-corrected chi connectivity index (χ0v) is 15.5. The summed E-state index contributed by atoms with van der Waals surface area (Å²) < 4.78 is 19.2. The van der Waals surface area contributed by atoms with E-state index in [1.54, 1.807) is 30.3 Å². The minimum absolute atomic E-state index is 0.321. The largest absolute Gasteiger partial charge is 0.455 e. The molecule has 1 aliphatic rings. The predicted molar refractivity (Wildman–Crippen MR) is 108 cm³/mol. The summed E-state index contributed by atoms with van der Waals surface area (Å²) in [6, 6.07) is 21.9. The molecule has 2 amide bonds. The lowest BCUT2D eigenvalue weighted by atomic mass is 10.0. The number of ether oxygens (including phenoxy) is 1. The first-order chi connectivity index (χ1) is 14.1. The van der Waals surface area contributed by atoms with E-state index in [1.807, 2.05) is 30.3 Å². The van der Waals surface area contributed by atoms with Crippen LogP contribution in [0.1, 0.15) is 12.8 Å². The van der Waals surface area contributed by atoms with Crippen LogP contribution in [0.15, 0.2) is 78.9 Å². The van der Waals surface area contributed by atoms with E-state index in [-0.39, 0.29) is 0 Å². The van der Waals surface area contributed by atoms with Crippen LogP contribution in [-0.4, -0.2) is 11.8 Å². The van der Waals surface area contributed by atoms with E-state index >= 15 is 0 Å². The smallest absolute Gasteiger partial charge is 0.240 e. The lowest BCUT2D eigenvalue weighted by Crippen LogP contribution is -2.35. The molecule has 146 valence electrons. The van der Waals surface area contributed by atoms with Crippen LogP contribution < -0.4 is 15.4 Å². The Bertz CT molecular complexity index is 1050. The van der Waals surface area contributed by atoms with Gasteiger partial charge < -0.3 is 15.4 Å². The van der Waals surface area contributed by atoms with Gasteiger partial charge in [-0.25, -0.2) is 4.39 Å². The fourth-order valence-corrected chi connectivity index (χ4v) is 3.02. The third-order valence-corrected chi connectivity index (χ3v) is 4.81. The molecular weight excluding hydrogens is 371 g/mol. The van der Waals surface area contributed by atoms with Gasteiger partial charge in [-0.1, -0.05) is 36.4 Å². The van der Waals surface area contributed by atoms with Crippen LogP contribution >= 0.6 is 0 Å². The van der Waals surface area contributed by atoms with E-state index in [1.165, 1.54) is 18.2 Å². The molecular formula is C23H19FN2O3. The summed E-state index contributed by atoms with van der Waals surface area (Å²) in [5.74, 6) is -0.186. The van der Waals surface area contributed by atoms with Crippen LogP contribution in [0.5, 0.6) is 11.5 Å². The highest BCUT2D eigenvalue weighted by molar-refractivity contribution is 6.17. The van der Waals surface area contributed by atoms with Crippen molar-refractivity contribution in [3.05, 3.63) is 84.7 Å². The van der Waals surface area contributed by atoms with Gasteiger partial charge in [0.2, 0.25) is 11.8 Å². The first kappa shape index (κ1) is 18.7. The molecule has 0 heterocycles. The first-order valence-corrected chi connectivity index (χ1v) is 9.27. The predicted octanol–water partition coefficient (Wildman–Crippen LogP) is 4.98. The lowest BCUT2D eigenvalue weighted by Gasteiger charge is -2.17. The monoisotopic (exact) mass is 390 g/mol. The number of benzene rings is 3. The van der Waals surface area contributed by atoms with Crippen molar-refractivity contribution in [1.29, 1.82) is 0 Å². The molecule has 2 N–H and O–H groups in total. The van der Waals surface area contributed by atoms with Crippen molar-refractivity contribution in [2.45, 2.75) is 12.8 Å². The van der Waals surface area contributed by atoms with Crippen molar-refractivity contribution in [2.75, 3.05) is 10.6 Å². The Kier molecular flexibility index (Phi) is 4.99. The van der Waals surface area contributed by atoms with Crippen molar-refractivity contribution < 1.29 is 18.7 Å². The quantitative estimate of drug-likeness (QED) is 0.584. The molecule has 4 rings (SSSR count). The van der Waals surface area contributed by atoms with Crippen molar-refractivity contribution in [2.24, 2.45) is 5.41 Å². The van der Waals surface area contributed by atoms with E-state index in [9.17, 15) is 14.0 Å². The van der Waals surface area contributed by atoms with Gasteiger partial charge in [-0.3, -0.25) is 9.59 Å². The van der Waals surface area contributed by atoms with Crippen LogP contribution in [0, 0.1) is 11.2 Å². The van der Waals surface area contributed by atoms with Crippen molar-refractivity contribution in [3.8, 4) is 11.5 Å². The number of halogens is 1. The molecule has 0 bridgehead atoms. The number of carbonyl (C=O) groups excluding carboxylic acids is 2. The van der Waals surface area contributed by atoms with Crippen LogP contribution in [0.4, 0.5) is 15.8 Å². The Morgan fingerprint density at radius 2 is 1.52 bits per heavy atom. The normalized spacial score (nSPS) is 14.0. The second-order valence-corrected chi connectivity index (χ2v) is 6.91. The zero-order valence-electron chi connectivity index (χ0n) is 15.5. The molecule has 0 aromatic heterocycles. The molecule has 6 heteroatoms. The second-order valence-electron chi connectivity index (χ2n) is 6.91. The Morgan fingerprint density at radius 3 is 2.24 bits per heavy atom. The molecule has 5 nitrogen and oxygen atoms in total. The summed E-state index contributed by atoms with van der Waals surface area (Å²) in [6.45, 7) is 0. The maximum atomic E-state index is 13.4. The SMILES string of the molecule is O=C(Nc1cccc(F)c1)C1(C(=O)Nc2ccccc2Oc2ccccc2)CC1.